The summed E-state index contributed by atoms with van der Waals surface area (Å²) in [6.45, 7) is 4.62. The molecule has 0 nitrogen and oxygen atoms in total. The predicted octanol–water partition coefficient (Wildman–Crippen LogP) is 5.66. The zero-order valence-electron chi connectivity index (χ0n) is 12.8. The lowest BCUT2D eigenvalue weighted by atomic mass is 9.69. The highest BCUT2D eigenvalue weighted by molar-refractivity contribution is 5.53. The lowest BCUT2D eigenvalue weighted by Gasteiger charge is -2.34. The Hall–Kier alpha value is -2.08. The van der Waals surface area contributed by atoms with Crippen molar-refractivity contribution in [2.45, 2.75) is 32.1 Å². The van der Waals surface area contributed by atoms with E-state index in [1.54, 1.807) is 5.57 Å². The van der Waals surface area contributed by atoms with E-state index in [-0.39, 0.29) is 5.41 Å². The van der Waals surface area contributed by atoms with E-state index in [9.17, 15) is 0 Å². The van der Waals surface area contributed by atoms with Crippen molar-refractivity contribution in [2.75, 3.05) is 0 Å². The maximum atomic E-state index is 2.37. The summed E-state index contributed by atoms with van der Waals surface area (Å²) >= 11 is 0. The van der Waals surface area contributed by atoms with Crippen LogP contribution in [0.25, 0.3) is 0 Å². The van der Waals surface area contributed by atoms with Gasteiger partial charge in [-0.3, -0.25) is 0 Å². The smallest absolute Gasteiger partial charge is 0.0391 e. The third kappa shape index (κ3) is 2.35. The Morgan fingerprint density at radius 3 is 1.86 bits per heavy atom. The van der Waals surface area contributed by atoms with Gasteiger partial charge in [-0.2, -0.15) is 0 Å². The fraction of sp³-hybridized carbons (Fsp3) is 0.238. The predicted molar refractivity (Wildman–Crippen MR) is 90.4 cm³/mol. The summed E-state index contributed by atoms with van der Waals surface area (Å²) in [5, 5.41) is 0. The van der Waals surface area contributed by atoms with E-state index in [1.807, 2.05) is 0 Å². The van der Waals surface area contributed by atoms with E-state index < -0.39 is 0 Å². The molecule has 3 rings (SSSR count). The van der Waals surface area contributed by atoms with Crippen LogP contribution in [0.4, 0.5) is 0 Å². The standard InChI is InChI=1S/C21H22/c1-3-17-11-10-16-20(17)21(2,18-12-6-4-7-13-18)19-14-8-5-9-15-19/h4-15H,3,16H2,1-2H3. The van der Waals surface area contributed by atoms with Gasteiger partial charge in [-0.15, -0.1) is 0 Å². The lowest BCUT2D eigenvalue weighted by Crippen LogP contribution is -2.26. The molecule has 0 bridgehead atoms. The first-order chi connectivity index (χ1) is 10.3. The van der Waals surface area contributed by atoms with Crippen molar-refractivity contribution < 1.29 is 0 Å². The highest BCUT2D eigenvalue weighted by Crippen LogP contribution is 2.44. The highest BCUT2D eigenvalue weighted by Gasteiger charge is 2.34. The molecule has 0 aliphatic heterocycles. The van der Waals surface area contributed by atoms with E-state index in [0.717, 1.165) is 12.8 Å². The molecule has 1 aliphatic rings. The van der Waals surface area contributed by atoms with E-state index in [0.29, 0.717) is 0 Å². The van der Waals surface area contributed by atoms with Gasteiger partial charge in [0.15, 0.2) is 0 Å². The van der Waals surface area contributed by atoms with Crippen molar-refractivity contribution in [3.05, 3.63) is 95.1 Å². The van der Waals surface area contributed by atoms with Crippen LogP contribution in [0.15, 0.2) is 84.0 Å². The first-order valence-electron chi connectivity index (χ1n) is 7.77. The van der Waals surface area contributed by atoms with Gasteiger partial charge in [0.05, 0.1) is 0 Å². The second kappa shape index (κ2) is 5.73. The molecular formula is C21H22. The molecule has 0 saturated carbocycles. The van der Waals surface area contributed by atoms with Crippen LogP contribution in [-0.4, -0.2) is 0 Å². The van der Waals surface area contributed by atoms with Crippen molar-refractivity contribution >= 4 is 0 Å². The van der Waals surface area contributed by atoms with Crippen LogP contribution in [0.3, 0.4) is 0 Å². The van der Waals surface area contributed by atoms with E-state index in [4.69, 9.17) is 0 Å². The van der Waals surface area contributed by atoms with Crippen molar-refractivity contribution in [3.63, 3.8) is 0 Å². The van der Waals surface area contributed by atoms with Gasteiger partial charge in [0.25, 0.3) is 0 Å². The van der Waals surface area contributed by atoms with Crippen molar-refractivity contribution in [1.82, 2.24) is 0 Å². The fourth-order valence-electron chi connectivity index (χ4n) is 3.47. The Kier molecular flexibility index (Phi) is 3.79. The van der Waals surface area contributed by atoms with Gasteiger partial charge in [-0.25, -0.2) is 0 Å². The number of hydrogen-bond donors (Lipinski definition) is 0. The molecule has 0 fully saturated rings. The van der Waals surface area contributed by atoms with Crippen LogP contribution in [0, 0.1) is 0 Å². The summed E-state index contributed by atoms with van der Waals surface area (Å²) in [5.41, 5.74) is 5.74. The first-order valence-corrected chi connectivity index (χ1v) is 7.77. The lowest BCUT2D eigenvalue weighted by molar-refractivity contribution is 0.653. The van der Waals surface area contributed by atoms with Crippen LogP contribution in [0.5, 0.6) is 0 Å². The van der Waals surface area contributed by atoms with Gasteiger partial charge < -0.3 is 0 Å². The van der Waals surface area contributed by atoms with Gasteiger partial charge in [0.2, 0.25) is 0 Å². The minimum atomic E-state index is -0.0443. The second-order valence-electron chi connectivity index (χ2n) is 5.82. The summed E-state index contributed by atoms with van der Waals surface area (Å²) in [6, 6.07) is 21.8. The van der Waals surface area contributed by atoms with Gasteiger partial charge in [-0.05, 0) is 42.0 Å². The monoisotopic (exact) mass is 274 g/mol. The van der Waals surface area contributed by atoms with E-state index in [1.165, 1.54) is 16.7 Å². The van der Waals surface area contributed by atoms with Gasteiger partial charge in [0.1, 0.15) is 0 Å². The Morgan fingerprint density at radius 2 is 1.38 bits per heavy atom. The normalized spacial score (nSPS) is 14.8. The topological polar surface area (TPSA) is 0 Å². The molecule has 1 aliphatic carbocycles. The largest absolute Gasteiger partial charge is 0.0801 e. The highest BCUT2D eigenvalue weighted by atomic mass is 14.4. The van der Waals surface area contributed by atoms with Crippen molar-refractivity contribution in [1.29, 1.82) is 0 Å². The third-order valence-electron chi connectivity index (χ3n) is 4.72. The number of benzene rings is 2. The number of hydrogen-bond acceptors (Lipinski definition) is 0. The third-order valence-corrected chi connectivity index (χ3v) is 4.72. The summed E-state index contributed by atoms with van der Waals surface area (Å²) in [6.07, 6.45) is 6.77. The summed E-state index contributed by atoms with van der Waals surface area (Å²) in [5.74, 6) is 0. The van der Waals surface area contributed by atoms with Crippen LogP contribution >= 0.6 is 0 Å². The average Bonchev–Trinajstić information content (AvgIpc) is 3.05. The van der Waals surface area contributed by atoms with Crippen molar-refractivity contribution in [2.24, 2.45) is 0 Å². The fourth-order valence-corrected chi connectivity index (χ4v) is 3.47. The molecule has 0 atom stereocenters. The van der Waals surface area contributed by atoms with Gasteiger partial charge in [0, 0.05) is 5.41 Å². The zero-order valence-corrected chi connectivity index (χ0v) is 12.8. The van der Waals surface area contributed by atoms with E-state index in [2.05, 4.69) is 86.7 Å². The zero-order chi connectivity index (χ0) is 14.7. The molecule has 0 N–H and O–H groups in total. The van der Waals surface area contributed by atoms with Crippen LogP contribution < -0.4 is 0 Å². The molecule has 2 aromatic rings. The molecule has 0 heteroatoms. The molecule has 0 aromatic heterocycles. The quantitative estimate of drug-likeness (QED) is 0.675. The molecule has 2 aromatic carbocycles. The van der Waals surface area contributed by atoms with Gasteiger partial charge >= 0.3 is 0 Å². The first kappa shape index (κ1) is 13.9. The molecule has 0 heterocycles. The van der Waals surface area contributed by atoms with E-state index >= 15 is 0 Å². The molecule has 0 saturated heterocycles. The summed E-state index contributed by atoms with van der Waals surface area (Å²) < 4.78 is 0. The molecule has 0 radical (unpaired) electrons. The minimum Gasteiger partial charge on any atom is -0.0801 e. The molecule has 21 heavy (non-hydrogen) atoms. The van der Waals surface area contributed by atoms with Crippen LogP contribution in [-0.2, 0) is 5.41 Å². The molecule has 106 valence electrons. The Morgan fingerprint density at radius 1 is 0.857 bits per heavy atom. The Balaban J connectivity index is 2.22. The SMILES string of the molecule is CCC1=C(C(C)(c2ccccc2)c2ccccc2)CC=C1. The Labute approximate surface area is 127 Å². The average molecular weight is 274 g/mol. The van der Waals surface area contributed by atoms with Crippen LogP contribution in [0.1, 0.15) is 37.8 Å². The number of allylic oxidation sites excluding steroid dienone is 4. The minimum absolute atomic E-state index is 0.0443. The maximum absolute atomic E-state index is 2.37. The summed E-state index contributed by atoms with van der Waals surface area (Å²) in [7, 11) is 0. The molecular weight excluding hydrogens is 252 g/mol. The Bertz CT molecular complexity index is 620. The summed E-state index contributed by atoms with van der Waals surface area (Å²) in [4.78, 5) is 0. The maximum Gasteiger partial charge on any atom is 0.0391 e. The van der Waals surface area contributed by atoms with Crippen LogP contribution in [0.2, 0.25) is 0 Å². The van der Waals surface area contributed by atoms with Crippen molar-refractivity contribution in [3.8, 4) is 0 Å². The number of rotatable bonds is 4. The molecule has 0 unspecified atom stereocenters. The second-order valence-corrected chi connectivity index (χ2v) is 5.82. The van der Waals surface area contributed by atoms with Gasteiger partial charge in [-0.1, -0.05) is 79.7 Å². The molecule has 0 spiro atoms. The molecule has 0 amide bonds.